The second-order valence-corrected chi connectivity index (χ2v) is 5.03. The number of hydrogen-bond donors (Lipinski definition) is 2. The van der Waals surface area contributed by atoms with Gasteiger partial charge < -0.3 is 19.7 Å². The lowest BCUT2D eigenvalue weighted by molar-refractivity contribution is 0.122. The lowest BCUT2D eigenvalue weighted by Gasteiger charge is -2.29. The number of benzene rings is 1. The molecule has 0 amide bonds. The Balaban J connectivity index is 1.90. The highest BCUT2D eigenvalue weighted by Gasteiger charge is 2.14. The van der Waals surface area contributed by atoms with Crippen molar-refractivity contribution < 1.29 is 14.8 Å². The summed E-state index contributed by atoms with van der Waals surface area (Å²) >= 11 is 0. The number of morpholine rings is 1. The summed E-state index contributed by atoms with van der Waals surface area (Å²) in [7, 11) is -1.50. The first-order chi connectivity index (χ1) is 10.2. The van der Waals surface area contributed by atoms with Gasteiger partial charge >= 0.3 is 7.12 Å². The minimum Gasteiger partial charge on any atom is -0.423 e. The van der Waals surface area contributed by atoms with Crippen LogP contribution in [-0.2, 0) is 4.74 Å². The molecule has 2 heterocycles. The van der Waals surface area contributed by atoms with Crippen LogP contribution in [0.4, 0.5) is 5.69 Å². The molecule has 1 aromatic carbocycles. The first-order valence-electron chi connectivity index (χ1n) is 6.98. The molecule has 0 atom stereocenters. The fourth-order valence-corrected chi connectivity index (χ4v) is 2.46. The van der Waals surface area contributed by atoms with Crippen LogP contribution < -0.4 is 10.4 Å². The Kier molecular flexibility index (Phi) is 4.19. The maximum Gasteiger partial charge on any atom is 0.490 e. The van der Waals surface area contributed by atoms with Gasteiger partial charge in [-0.1, -0.05) is 18.2 Å². The maximum atomic E-state index is 9.25. The van der Waals surface area contributed by atoms with Crippen LogP contribution >= 0.6 is 0 Å². The Morgan fingerprint density at radius 1 is 1.05 bits per heavy atom. The number of ether oxygens (including phenoxy) is 1. The molecule has 1 aromatic heterocycles. The van der Waals surface area contributed by atoms with Crippen molar-refractivity contribution in [3.8, 4) is 11.1 Å². The predicted octanol–water partition coefficient (Wildman–Crippen LogP) is 0.265. The summed E-state index contributed by atoms with van der Waals surface area (Å²) in [4.78, 5) is 6.35. The molecule has 0 unspecified atom stereocenters. The van der Waals surface area contributed by atoms with Gasteiger partial charge in [-0.05, 0) is 23.3 Å². The fourth-order valence-electron chi connectivity index (χ4n) is 2.46. The van der Waals surface area contributed by atoms with Gasteiger partial charge in [0.1, 0.15) is 0 Å². The number of hydrogen-bond acceptors (Lipinski definition) is 5. The van der Waals surface area contributed by atoms with Gasteiger partial charge in [0.05, 0.1) is 13.2 Å². The third-order valence-electron chi connectivity index (χ3n) is 3.61. The van der Waals surface area contributed by atoms with Gasteiger partial charge in [0.15, 0.2) is 0 Å². The smallest absolute Gasteiger partial charge is 0.423 e. The van der Waals surface area contributed by atoms with E-state index < -0.39 is 7.12 Å². The van der Waals surface area contributed by atoms with E-state index >= 15 is 0 Å². The van der Waals surface area contributed by atoms with Crippen LogP contribution in [0.15, 0.2) is 42.7 Å². The summed E-state index contributed by atoms with van der Waals surface area (Å²) in [6, 6.07) is 9.91. The van der Waals surface area contributed by atoms with Crippen LogP contribution in [0.25, 0.3) is 11.1 Å². The third-order valence-corrected chi connectivity index (χ3v) is 3.61. The first kappa shape index (κ1) is 14.1. The van der Waals surface area contributed by atoms with Crippen molar-refractivity contribution in [3.05, 3.63) is 42.7 Å². The van der Waals surface area contributed by atoms with Gasteiger partial charge in [-0.2, -0.15) is 0 Å². The van der Waals surface area contributed by atoms with E-state index in [4.69, 9.17) is 4.74 Å². The van der Waals surface area contributed by atoms with Crippen molar-refractivity contribution in [3.63, 3.8) is 0 Å². The minimum atomic E-state index is -1.50. The molecular formula is C15H17BN2O3. The van der Waals surface area contributed by atoms with Crippen molar-refractivity contribution >= 4 is 18.3 Å². The highest BCUT2D eigenvalue weighted by atomic mass is 16.5. The molecule has 1 aliphatic rings. The van der Waals surface area contributed by atoms with Gasteiger partial charge in [-0.3, -0.25) is 4.98 Å². The molecule has 0 saturated carbocycles. The summed E-state index contributed by atoms with van der Waals surface area (Å²) in [5.41, 5.74) is 3.42. The number of nitrogens with zero attached hydrogens (tertiary/aromatic N) is 2. The number of pyridine rings is 1. The molecule has 6 heteroatoms. The van der Waals surface area contributed by atoms with E-state index in [0.717, 1.165) is 43.1 Å². The number of rotatable bonds is 3. The molecule has 0 bridgehead atoms. The van der Waals surface area contributed by atoms with E-state index in [1.807, 2.05) is 12.1 Å². The first-order valence-corrected chi connectivity index (χ1v) is 6.98. The van der Waals surface area contributed by atoms with E-state index in [1.54, 1.807) is 12.3 Å². The minimum absolute atomic E-state index is 0.393. The molecule has 108 valence electrons. The zero-order valence-electron chi connectivity index (χ0n) is 11.6. The van der Waals surface area contributed by atoms with Crippen LogP contribution in [0.2, 0.25) is 0 Å². The molecule has 0 aliphatic carbocycles. The van der Waals surface area contributed by atoms with Crippen molar-refractivity contribution in [2.24, 2.45) is 0 Å². The molecule has 0 radical (unpaired) electrons. The molecule has 0 spiro atoms. The molecule has 1 fully saturated rings. The summed E-state index contributed by atoms with van der Waals surface area (Å²) in [5, 5.41) is 18.5. The van der Waals surface area contributed by atoms with E-state index in [2.05, 4.69) is 22.0 Å². The second-order valence-electron chi connectivity index (χ2n) is 5.03. The maximum absolute atomic E-state index is 9.25. The van der Waals surface area contributed by atoms with Crippen molar-refractivity contribution in [2.75, 3.05) is 31.2 Å². The monoisotopic (exact) mass is 284 g/mol. The van der Waals surface area contributed by atoms with Gasteiger partial charge in [0.25, 0.3) is 0 Å². The van der Waals surface area contributed by atoms with Crippen LogP contribution in [-0.4, -0.2) is 48.5 Å². The number of anilines is 1. The van der Waals surface area contributed by atoms with Crippen molar-refractivity contribution in [1.82, 2.24) is 4.98 Å². The summed E-state index contributed by atoms with van der Waals surface area (Å²) in [6.07, 6.45) is 3.18. The average Bonchev–Trinajstić information content (AvgIpc) is 2.56. The molecule has 3 rings (SSSR count). The zero-order chi connectivity index (χ0) is 14.7. The van der Waals surface area contributed by atoms with Crippen LogP contribution in [0.5, 0.6) is 0 Å². The van der Waals surface area contributed by atoms with Gasteiger partial charge in [-0.15, -0.1) is 0 Å². The van der Waals surface area contributed by atoms with E-state index in [-0.39, 0.29) is 0 Å². The van der Waals surface area contributed by atoms with E-state index in [0.29, 0.717) is 5.46 Å². The summed E-state index contributed by atoms with van der Waals surface area (Å²) < 4.78 is 5.37. The Morgan fingerprint density at radius 3 is 2.62 bits per heavy atom. The summed E-state index contributed by atoms with van der Waals surface area (Å²) in [6.45, 7) is 3.27. The van der Waals surface area contributed by atoms with E-state index in [9.17, 15) is 10.0 Å². The largest absolute Gasteiger partial charge is 0.490 e. The lowest BCUT2D eigenvalue weighted by atomic mass is 9.80. The molecule has 5 nitrogen and oxygen atoms in total. The molecule has 1 saturated heterocycles. The number of aromatic nitrogens is 1. The highest BCUT2D eigenvalue weighted by Crippen LogP contribution is 2.24. The van der Waals surface area contributed by atoms with Gasteiger partial charge in [0.2, 0.25) is 0 Å². The van der Waals surface area contributed by atoms with Crippen LogP contribution in [0, 0.1) is 0 Å². The Labute approximate surface area is 124 Å². The lowest BCUT2D eigenvalue weighted by Crippen LogP contribution is -2.36. The highest BCUT2D eigenvalue weighted by molar-refractivity contribution is 6.58. The molecular weight excluding hydrogens is 267 g/mol. The second kappa shape index (κ2) is 6.26. The standard InChI is InChI=1S/C15H17BN2O3/c19-16(20)14-8-13(10-17-11-14)12-2-1-3-15(9-12)18-4-6-21-7-5-18/h1-3,8-11,19-20H,4-7H2. The Hall–Kier alpha value is -1.89. The Bertz CT molecular complexity index is 615. The average molecular weight is 284 g/mol. The van der Waals surface area contributed by atoms with E-state index in [1.165, 1.54) is 6.20 Å². The quantitative estimate of drug-likeness (QED) is 0.792. The molecule has 1 aliphatic heterocycles. The van der Waals surface area contributed by atoms with Crippen LogP contribution in [0.3, 0.4) is 0 Å². The zero-order valence-corrected chi connectivity index (χ0v) is 11.6. The Morgan fingerprint density at radius 2 is 1.86 bits per heavy atom. The van der Waals surface area contributed by atoms with Crippen LogP contribution in [0.1, 0.15) is 0 Å². The molecule has 2 aromatic rings. The van der Waals surface area contributed by atoms with Gasteiger partial charge in [0, 0.05) is 36.6 Å². The normalized spacial score (nSPS) is 15.0. The van der Waals surface area contributed by atoms with Crippen molar-refractivity contribution in [1.29, 1.82) is 0 Å². The van der Waals surface area contributed by atoms with Gasteiger partial charge in [-0.25, -0.2) is 0 Å². The molecule has 2 N–H and O–H groups in total. The summed E-state index contributed by atoms with van der Waals surface area (Å²) in [5.74, 6) is 0. The fraction of sp³-hybridized carbons (Fsp3) is 0.267. The van der Waals surface area contributed by atoms with Crippen molar-refractivity contribution in [2.45, 2.75) is 0 Å². The predicted molar refractivity (Wildman–Crippen MR) is 82.5 cm³/mol. The SMILES string of the molecule is OB(O)c1cncc(-c2cccc(N3CCOCC3)c2)c1. The third kappa shape index (κ3) is 3.24. The topological polar surface area (TPSA) is 65.8 Å². The molecule has 21 heavy (non-hydrogen) atoms.